The number of hydrogen-bond acceptors (Lipinski definition) is 3. The summed E-state index contributed by atoms with van der Waals surface area (Å²) in [7, 11) is 1.92. The van der Waals surface area contributed by atoms with Crippen molar-refractivity contribution in [1.82, 2.24) is 14.1 Å². The molecule has 0 saturated carbocycles. The Balaban J connectivity index is 2.31. The number of nitriles is 1. The Hall–Kier alpha value is -3.10. The largest absolute Gasteiger partial charge is 0.342 e. The second kappa shape index (κ2) is 5.22. The smallest absolute Gasteiger partial charge is 0.273 e. The van der Waals surface area contributed by atoms with E-state index in [0.717, 1.165) is 21.9 Å². The molecule has 3 heterocycles. The quantitative estimate of drug-likeness (QED) is 0.501. The molecule has 0 saturated heterocycles. The normalized spacial score (nSPS) is 11.0. The first-order valence-corrected chi connectivity index (χ1v) is 7.65. The SMILES string of the molecule is Cn1c2ccccc2c2c1cc(C#N)c(=O)n2-c1ccnc(Cl)c1. The molecule has 0 radical (unpaired) electrons. The van der Waals surface area contributed by atoms with Crippen LogP contribution in [-0.4, -0.2) is 14.1 Å². The average Bonchev–Trinajstić information content (AvgIpc) is 2.87. The number of aryl methyl sites for hydroxylation is 1. The number of fused-ring (bicyclic) bond motifs is 3. The standard InChI is InChI=1S/C18H11ClN4O/c1-22-14-5-3-2-4-13(14)17-15(22)8-11(10-20)18(24)23(17)12-6-7-21-16(19)9-12/h2-9H,1H3. The Morgan fingerprint density at radius 3 is 2.71 bits per heavy atom. The van der Waals surface area contributed by atoms with Crippen LogP contribution >= 0.6 is 11.6 Å². The Morgan fingerprint density at radius 1 is 1.17 bits per heavy atom. The van der Waals surface area contributed by atoms with Gasteiger partial charge in [-0.3, -0.25) is 9.36 Å². The molecular weight excluding hydrogens is 324 g/mol. The summed E-state index contributed by atoms with van der Waals surface area (Å²) >= 11 is 6.00. The number of para-hydroxylation sites is 1. The molecule has 116 valence electrons. The lowest BCUT2D eigenvalue weighted by atomic mass is 10.2. The van der Waals surface area contributed by atoms with Gasteiger partial charge in [-0.15, -0.1) is 0 Å². The average molecular weight is 335 g/mol. The lowest BCUT2D eigenvalue weighted by Crippen LogP contribution is -2.21. The first kappa shape index (κ1) is 14.5. The predicted octanol–water partition coefficient (Wildman–Crippen LogP) is 3.40. The van der Waals surface area contributed by atoms with Gasteiger partial charge in [0.2, 0.25) is 0 Å². The van der Waals surface area contributed by atoms with Crippen LogP contribution in [0, 0.1) is 11.3 Å². The Kier molecular flexibility index (Phi) is 3.15. The van der Waals surface area contributed by atoms with E-state index >= 15 is 0 Å². The molecule has 5 nitrogen and oxygen atoms in total. The molecule has 0 atom stereocenters. The minimum absolute atomic E-state index is 0.0846. The monoisotopic (exact) mass is 334 g/mol. The van der Waals surface area contributed by atoms with Crippen molar-refractivity contribution < 1.29 is 0 Å². The van der Waals surface area contributed by atoms with Gasteiger partial charge in [0, 0.05) is 18.6 Å². The van der Waals surface area contributed by atoms with Gasteiger partial charge >= 0.3 is 0 Å². The second-order valence-corrected chi connectivity index (χ2v) is 5.84. The summed E-state index contributed by atoms with van der Waals surface area (Å²) in [6.07, 6.45) is 1.54. The zero-order valence-corrected chi connectivity index (χ0v) is 13.4. The van der Waals surface area contributed by atoms with Crippen molar-refractivity contribution in [2.24, 2.45) is 7.05 Å². The van der Waals surface area contributed by atoms with E-state index in [0.29, 0.717) is 5.69 Å². The molecule has 0 bridgehead atoms. The molecule has 0 aliphatic heterocycles. The van der Waals surface area contributed by atoms with Gasteiger partial charge in [-0.1, -0.05) is 29.8 Å². The minimum Gasteiger partial charge on any atom is -0.342 e. The summed E-state index contributed by atoms with van der Waals surface area (Å²) in [5, 5.41) is 10.6. The number of nitrogens with zero attached hydrogens (tertiary/aromatic N) is 4. The molecule has 0 spiro atoms. The third kappa shape index (κ3) is 1.94. The number of aromatic nitrogens is 3. The molecular formula is C18H11ClN4O. The van der Waals surface area contributed by atoms with Gasteiger partial charge in [-0.2, -0.15) is 5.26 Å². The van der Waals surface area contributed by atoms with Crippen molar-refractivity contribution in [3.63, 3.8) is 0 Å². The fraction of sp³-hybridized carbons (Fsp3) is 0.0556. The molecule has 0 amide bonds. The fourth-order valence-electron chi connectivity index (χ4n) is 3.07. The van der Waals surface area contributed by atoms with Crippen LogP contribution in [0.3, 0.4) is 0 Å². The first-order valence-electron chi connectivity index (χ1n) is 7.27. The molecule has 0 fully saturated rings. The Labute approximate surface area is 142 Å². The zero-order chi connectivity index (χ0) is 16.8. The molecule has 6 heteroatoms. The van der Waals surface area contributed by atoms with Crippen LogP contribution in [0.5, 0.6) is 0 Å². The van der Waals surface area contributed by atoms with Crippen molar-refractivity contribution in [3.8, 4) is 11.8 Å². The molecule has 4 rings (SSSR count). The van der Waals surface area contributed by atoms with E-state index in [1.165, 1.54) is 4.57 Å². The number of rotatable bonds is 1. The first-order chi connectivity index (χ1) is 11.6. The van der Waals surface area contributed by atoms with Crippen molar-refractivity contribution >= 4 is 33.5 Å². The molecule has 24 heavy (non-hydrogen) atoms. The van der Waals surface area contributed by atoms with Crippen LogP contribution in [0.2, 0.25) is 5.15 Å². The molecule has 0 aliphatic carbocycles. The maximum Gasteiger partial charge on any atom is 0.273 e. The molecule has 1 aromatic carbocycles. The van der Waals surface area contributed by atoms with E-state index in [1.54, 1.807) is 24.4 Å². The van der Waals surface area contributed by atoms with Gasteiger partial charge in [0.25, 0.3) is 5.56 Å². The summed E-state index contributed by atoms with van der Waals surface area (Å²) in [5.74, 6) is 0. The van der Waals surface area contributed by atoms with Crippen LogP contribution < -0.4 is 5.56 Å². The van der Waals surface area contributed by atoms with Crippen molar-refractivity contribution in [3.05, 3.63) is 69.7 Å². The highest BCUT2D eigenvalue weighted by molar-refractivity contribution is 6.29. The third-order valence-corrected chi connectivity index (χ3v) is 4.36. The van der Waals surface area contributed by atoms with Crippen LogP contribution in [0.25, 0.3) is 27.6 Å². The molecule has 0 unspecified atom stereocenters. The van der Waals surface area contributed by atoms with Crippen molar-refractivity contribution in [2.45, 2.75) is 0 Å². The lowest BCUT2D eigenvalue weighted by Gasteiger charge is -2.09. The molecule has 0 N–H and O–H groups in total. The van der Waals surface area contributed by atoms with Gasteiger partial charge in [0.1, 0.15) is 16.8 Å². The summed E-state index contributed by atoms with van der Waals surface area (Å²) in [6, 6.07) is 14.8. The number of benzene rings is 1. The van der Waals surface area contributed by atoms with E-state index in [9.17, 15) is 10.1 Å². The van der Waals surface area contributed by atoms with Crippen molar-refractivity contribution in [1.29, 1.82) is 5.26 Å². The van der Waals surface area contributed by atoms with Gasteiger partial charge in [0.05, 0.1) is 22.2 Å². The fourth-order valence-corrected chi connectivity index (χ4v) is 3.24. The zero-order valence-electron chi connectivity index (χ0n) is 12.7. The van der Waals surface area contributed by atoms with Gasteiger partial charge in [0.15, 0.2) is 0 Å². The van der Waals surface area contributed by atoms with E-state index in [4.69, 9.17) is 11.6 Å². The summed E-state index contributed by atoms with van der Waals surface area (Å²) in [6.45, 7) is 0. The summed E-state index contributed by atoms with van der Waals surface area (Å²) < 4.78 is 3.51. The summed E-state index contributed by atoms with van der Waals surface area (Å²) in [5.41, 5.74) is 2.83. The third-order valence-electron chi connectivity index (χ3n) is 4.15. The maximum atomic E-state index is 12.8. The number of halogens is 1. The molecule has 0 aliphatic rings. The van der Waals surface area contributed by atoms with E-state index in [2.05, 4.69) is 4.98 Å². The van der Waals surface area contributed by atoms with Crippen LogP contribution in [0.1, 0.15) is 5.56 Å². The van der Waals surface area contributed by atoms with E-state index in [1.807, 2.05) is 41.9 Å². The van der Waals surface area contributed by atoms with E-state index in [-0.39, 0.29) is 16.3 Å². The molecule has 3 aromatic heterocycles. The van der Waals surface area contributed by atoms with Crippen molar-refractivity contribution in [2.75, 3.05) is 0 Å². The van der Waals surface area contributed by atoms with Gasteiger partial charge in [-0.25, -0.2) is 4.98 Å². The summed E-state index contributed by atoms with van der Waals surface area (Å²) in [4.78, 5) is 16.8. The number of hydrogen-bond donors (Lipinski definition) is 0. The maximum absolute atomic E-state index is 12.8. The van der Waals surface area contributed by atoms with Crippen LogP contribution in [-0.2, 0) is 7.05 Å². The Morgan fingerprint density at radius 2 is 1.96 bits per heavy atom. The lowest BCUT2D eigenvalue weighted by molar-refractivity contribution is 0.989. The van der Waals surface area contributed by atoms with Crippen LogP contribution in [0.4, 0.5) is 0 Å². The van der Waals surface area contributed by atoms with Gasteiger partial charge < -0.3 is 4.57 Å². The number of pyridine rings is 2. The highest BCUT2D eigenvalue weighted by Crippen LogP contribution is 2.29. The predicted molar refractivity (Wildman–Crippen MR) is 93.5 cm³/mol. The van der Waals surface area contributed by atoms with Gasteiger partial charge in [-0.05, 0) is 24.3 Å². The highest BCUT2D eigenvalue weighted by Gasteiger charge is 2.17. The minimum atomic E-state index is -0.372. The van der Waals surface area contributed by atoms with E-state index < -0.39 is 0 Å². The second-order valence-electron chi connectivity index (χ2n) is 5.46. The topological polar surface area (TPSA) is 63.6 Å². The Bertz CT molecular complexity index is 1210. The highest BCUT2D eigenvalue weighted by atomic mass is 35.5. The molecule has 4 aromatic rings. The van der Waals surface area contributed by atoms with Crippen LogP contribution in [0.15, 0.2) is 53.5 Å².